The van der Waals surface area contributed by atoms with Crippen molar-refractivity contribution in [3.05, 3.63) is 11.7 Å². The molecule has 1 aromatic rings. The first-order valence-corrected chi connectivity index (χ1v) is 6.86. The summed E-state index contributed by atoms with van der Waals surface area (Å²) < 4.78 is 11.0. The molecule has 5 nitrogen and oxygen atoms in total. The fourth-order valence-corrected chi connectivity index (χ4v) is 2.85. The van der Waals surface area contributed by atoms with Crippen molar-refractivity contribution in [1.29, 1.82) is 0 Å². The first-order chi connectivity index (χ1) is 8.79. The van der Waals surface area contributed by atoms with Gasteiger partial charge in [-0.25, -0.2) is 0 Å². The van der Waals surface area contributed by atoms with E-state index in [2.05, 4.69) is 22.4 Å². The average Bonchev–Trinajstić information content (AvgIpc) is 2.94. The lowest BCUT2D eigenvalue weighted by molar-refractivity contribution is 0.0751. The molecule has 100 valence electrons. The van der Waals surface area contributed by atoms with Gasteiger partial charge in [-0.15, -0.1) is 0 Å². The molecule has 5 heteroatoms. The molecule has 3 rings (SSSR count). The van der Waals surface area contributed by atoms with Crippen LogP contribution in [0.5, 0.6) is 0 Å². The molecule has 1 aliphatic carbocycles. The molecule has 0 amide bonds. The van der Waals surface area contributed by atoms with Crippen molar-refractivity contribution in [2.24, 2.45) is 5.92 Å². The Morgan fingerprint density at radius 1 is 1.56 bits per heavy atom. The summed E-state index contributed by atoms with van der Waals surface area (Å²) in [5.41, 5.74) is 0.0348. The van der Waals surface area contributed by atoms with Gasteiger partial charge in [-0.3, -0.25) is 0 Å². The van der Waals surface area contributed by atoms with E-state index in [-0.39, 0.29) is 11.5 Å². The fourth-order valence-electron chi connectivity index (χ4n) is 2.85. The number of nitrogens with zero attached hydrogens (tertiary/aromatic N) is 2. The van der Waals surface area contributed by atoms with Crippen LogP contribution in [0.15, 0.2) is 4.52 Å². The van der Waals surface area contributed by atoms with Gasteiger partial charge < -0.3 is 14.6 Å². The van der Waals surface area contributed by atoms with Gasteiger partial charge in [0.15, 0.2) is 0 Å². The summed E-state index contributed by atoms with van der Waals surface area (Å²) in [5, 5.41) is 7.54. The van der Waals surface area contributed by atoms with Crippen LogP contribution in [0, 0.1) is 5.92 Å². The molecule has 1 aliphatic heterocycles. The molecule has 2 fully saturated rings. The van der Waals surface area contributed by atoms with Crippen molar-refractivity contribution in [1.82, 2.24) is 15.5 Å². The third kappa shape index (κ3) is 1.95. The van der Waals surface area contributed by atoms with Crippen molar-refractivity contribution < 1.29 is 9.26 Å². The summed E-state index contributed by atoms with van der Waals surface area (Å²) in [6.45, 7) is 4.15. The van der Waals surface area contributed by atoms with Crippen molar-refractivity contribution in [3.63, 3.8) is 0 Å². The van der Waals surface area contributed by atoms with E-state index in [1.165, 1.54) is 12.8 Å². The lowest BCUT2D eigenvalue weighted by atomic mass is 9.84. The van der Waals surface area contributed by atoms with Gasteiger partial charge in [-0.2, -0.15) is 4.98 Å². The maximum absolute atomic E-state index is 5.52. The monoisotopic (exact) mass is 251 g/mol. The molecule has 18 heavy (non-hydrogen) atoms. The number of hydrogen-bond acceptors (Lipinski definition) is 5. The second-order valence-corrected chi connectivity index (χ2v) is 5.51. The second kappa shape index (κ2) is 4.63. The van der Waals surface area contributed by atoms with E-state index >= 15 is 0 Å². The largest absolute Gasteiger partial charge is 0.373 e. The number of ether oxygens (including phenoxy) is 1. The Morgan fingerprint density at radius 3 is 2.94 bits per heavy atom. The minimum atomic E-state index is 0.0192. The van der Waals surface area contributed by atoms with Gasteiger partial charge in [0.1, 0.15) is 6.10 Å². The van der Waals surface area contributed by atoms with Gasteiger partial charge in [-0.1, -0.05) is 12.1 Å². The van der Waals surface area contributed by atoms with Crippen LogP contribution in [0.3, 0.4) is 0 Å². The Labute approximate surface area is 107 Å². The third-order valence-corrected chi connectivity index (χ3v) is 4.37. The molecule has 1 N–H and O–H groups in total. The van der Waals surface area contributed by atoms with Crippen LogP contribution in [-0.2, 0) is 10.2 Å². The van der Waals surface area contributed by atoms with Crippen LogP contribution in [0.2, 0.25) is 0 Å². The molecule has 2 atom stereocenters. The summed E-state index contributed by atoms with van der Waals surface area (Å²) in [7, 11) is 1.73. The minimum Gasteiger partial charge on any atom is -0.373 e. The predicted octanol–water partition coefficient (Wildman–Crippen LogP) is 1.81. The molecule has 0 aromatic carbocycles. The number of rotatable bonds is 5. The zero-order chi connectivity index (χ0) is 12.6. The highest BCUT2D eigenvalue weighted by Gasteiger charge is 2.41. The maximum Gasteiger partial charge on any atom is 0.234 e. The van der Waals surface area contributed by atoms with Crippen LogP contribution >= 0.6 is 0 Å². The van der Waals surface area contributed by atoms with Gasteiger partial charge in [0.25, 0.3) is 0 Å². The van der Waals surface area contributed by atoms with Crippen molar-refractivity contribution in [2.45, 2.75) is 44.1 Å². The SMILES string of the molecule is CCC1(c2nc(C(OC)C3CC3)no2)CCNC1. The number of hydrogen-bond donors (Lipinski definition) is 1. The van der Waals surface area contributed by atoms with Crippen molar-refractivity contribution in [3.8, 4) is 0 Å². The molecule has 0 bridgehead atoms. The molecule has 2 aliphatic rings. The van der Waals surface area contributed by atoms with E-state index in [4.69, 9.17) is 9.26 Å². The van der Waals surface area contributed by atoms with E-state index in [0.717, 1.165) is 37.6 Å². The average molecular weight is 251 g/mol. The van der Waals surface area contributed by atoms with E-state index in [9.17, 15) is 0 Å². The summed E-state index contributed by atoms with van der Waals surface area (Å²) in [4.78, 5) is 4.62. The van der Waals surface area contributed by atoms with Crippen LogP contribution in [0.1, 0.15) is 50.4 Å². The van der Waals surface area contributed by atoms with Crippen LogP contribution < -0.4 is 5.32 Å². The molecule has 2 unspecified atom stereocenters. The lowest BCUT2D eigenvalue weighted by Gasteiger charge is -2.21. The highest BCUT2D eigenvalue weighted by atomic mass is 16.5. The van der Waals surface area contributed by atoms with Gasteiger partial charge in [0.2, 0.25) is 11.7 Å². The zero-order valence-corrected chi connectivity index (χ0v) is 11.1. The van der Waals surface area contributed by atoms with E-state index in [0.29, 0.717) is 5.92 Å². The molecular formula is C13H21N3O2. The quantitative estimate of drug-likeness (QED) is 0.864. The fraction of sp³-hybridized carbons (Fsp3) is 0.846. The summed E-state index contributed by atoms with van der Waals surface area (Å²) in [6, 6.07) is 0. The Kier molecular flexibility index (Phi) is 3.11. The minimum absolute atomic E-state index is 0.0192. The molecule has 1 aromatic heterocycles. The van der Waals surface area contributed by atoms with Crippen LogP contribution in [-0.4, -0.2) is 30.3 Å². The van der Waals surface area contributed by atoms with Crippen molar-refractivity contribution in [2.75, 3.05) is 20.2 Å². The van der Waals surface area contributed by atoms with Gasteiger partial charge in [0, 0.05) is 13.7 Å². The third-order valence-electron chi connectivity index (χ3n) is 4.37. The predicted molar refractivity (Wildman–Crippen MR) is 66.2 cm³/mol. The molecular weight excluding hydrogens is 230 g/mol. The molecule has 0 spiro atoms. The molecule has 1 saturated heterocycles. The number of aromatic nitrogens is 2. The van der Waals surface area contributed by atoms with E-state index in [1.54, 1.807) is 7.11 Å². The van der Waals surface area contributed by atoms with E-state index in [1.807, 2.05) is 0 Å². The standard InChI is InChI=1S/C13H21N3O2/c1-3-13(6-7-14-8-13)12-15-11(16-18-12)10(17-2)9-4-5-9/h9-10,14H,3-8H2,1-2H3. The maximum atomic E-state index is 5.52. The Bertz CT molecular complexity index is 408. The Hall–Kier alpha value is -0.940. The number of nitrogens with one attached hydrogen (secondary N) is 1. The summed E-state index contributed by atoms with van der Waals surface area (Å²) in [6.07, 6.45) is 4.55. The van der Waals surface area contributed by atoms with Gasteiger partial charge in [0.05, 0.1) is 5.41 Å². The smallest absolute Gasteiger partial charge is 0.234 e. The molecule has 0 radical (unpaired) electrons. The van der Waals surface area contributed by atoms with Gasteiger partial charge >= 0.3 is 0 Å². The summed E-state index contributed by atoms with van der Waals surface area (Å²) >= 11 is 0. The van der Waals surface area contributed by atoms with Crippen LogP contribution in [0.25, 0.3) is 0 Å². The first-order valence-electron chi connectivity index (χ1n) is 6.86. The first kappa shape index (κ1) is 12.1. The second-order valence-electron chi connectivity index (χ2n) is 5.51. The van der Waals surface area contributed by atoms with E-state index < -0.39 is 0 Å². The lowest BCUT2D eigenvalue weighted by Crippen LogP contribution is -2.28. The van der Waals surface area contributed by atoms with Crippen molar-refractivity contribution >= 4 is 0 Å². The Balaban J connectivity index is 1.83. The van der Waals surface area contributed by atoms with Crippen LogP contribution in [0.4, 0.5) is 0 Å². The topological polar surface area (TPSA) is 60.2 Å². The van der Waals surface area contributed by atoms with Gasteiger partial charge in [-0.05, 0) is 38.1 Å². The summed E-state index contributed by atoms with van der Waals surface area (Å²) in [5.74, 6) is 2.10. The molecule has 2 heterocycles. The normalized spacial score (nSPS) is 29.7. The highest BCUT2D eigenvalue weighted by Crippen LogP contribution is 2.42. The Morgan fingerprint density at radius 2 is 2.39 bits per heavy atom. The highest BCUT2D eigenvalue weighted by molar-refractivity contribution is 5.11. The zero-order valence-electron chi connectivity index (χ0n) is 11.1. The molecule has 1 saturated carbocycles. The number of methoxy groups -OCH3 is 1.